The number of aromatic nitrogens is 1. The first-order chi connectivity index (χ1) is 9.06. The van der Waals surface area contributed by atoms with Crippen LogP contribution in [0.15, 0.2) is 16.7 Å². The molecule has 0 unspecified atom stereocenters. The molecule has 0 radical (unpaired) electrons. The molecule has 1 aromatic rings. The third-order valence-electron chi connectivity index (χ3n) is 2.23. The number of carbonyl (C=O) groups excluding carboxylic acids is 1. The maximum absolute atomic E-state index is 11.8. The van der Waals surface area contributed by atoms with Crippen LogP contribution in [-0.2, 0) is 4.74 Å². The third-order valence-corrected chi connectivity index (χ3v) is 2.86. The van der Waals surface area contributed by atoms with E-state index in [0.717, 1.165) is 6.07 Å². The Kier molecular flexibility index (Phi) is 6.37. The molecular weight excluding hydrogens is 318 g/mol. The van der Waals surface area contributed by atoms with Crippen LogP contribution in [0.2, 0.25) is 0 Å². The molecule has 1 aromatic heterocycles. The van der Waals surface area contributed by atoms with Crippen LogP contribution in [0.5, 0.6) is 0 Å². The maximum atomic E-state index is 11.8. The van der Waals surface area contributed by atoms with Crippen molar-refractivity contribution >= 4 is 27.7 Å². The van der Waals surface area contributed by atoms with E-state index in [1.165, 1.54) is 6.20 Å². The monoisotopic (exact) mass is 331 g/mol. The number of pyridine rings is 1. The highest BCUT2D eigenvalue weighted by Gasteiger charge is 2.16. The molecule has 1 N–H and O–H groups in total. The zero-order chi connectivity index (χ0) is 14.3. The Balaban J connectivity index is 2.61. The molecule has 7 nitrogen and oxygen atoms in total. The zero-order valence-corrected chi connectivity index (χ0v) is 12.0. The largest absolute Gasteiger partial charge is 0.382 e. The predicted octanol–water partition coefficient (Wildman–Crippen LogP) is 1.91. The van der Waals surface area contributed by atoms with Gasteiger partial charge < -0.3 is 20.2 Å². The summed E-state index contributed by atoms with van der Waals surface area (Å²) in [6.45, 7) is 3.54. The van der Waals surface area contributed by atoms with Gasteiger partial charge in [0.2, 0.25) is 0 Å². The number of hydrogen-bond acceptors (Lipinski definition) is 5. The number of carbonyl (C=O) groups is 1. The Bertz CT molecular complexity index is 467. The average molecular weight is 332 g/mol. The summed E-state index contributed by atoms with van der Waals surface area (Å²) >= 11 is 3.14. The molecule has 104 valence electrons. The number of amides is 1. The topological polar surface area (TPSA) is 94.4 Å². The fraction of sp³-hybridized carbons (Fsp3) is 0.455. The molecule has 0 aliphatic rings. The van der Waals surface area contributed by atoms with E-state index in [-0.39, 0.29) is 17.3 Å². The fourth-order valence-electron chi connectivity index (χ4n) is 1.32. The van der Waals surface area contributed by atoms with Gasteiger partial charge in [0, 0.05) is 25.8 Å². The van der Waals surface area contributed by atoms with Gasteiger partial charge in [-0.3, -0.25) is 4.79 Å². The predicted molar refractivity (Wildman–Crippen MR) is 72.0 cm³/mol. The lowest BCUT2D eigenvalue weighted by atomic mass is 10.2. The van der Waals surface area contributed by atoms with E-state index in [9.17, 15) is 14.9 Å². The van der Waals surface area contributed by atoms with Crippen molar-refractivity contribution in [2.24, 2.45) is 0 Å². The second-order valence-corrected chi connectivity index (χ2v) is 4.44. The Morgan fingerprint density at radius 2 is 2.37 bits per heavy atom. The van der Waals surface area contributed by atoms with Crippen molar-refractivity contribution < 1.29 is 14.5 Å². The number of hydrogen-bond donors (Lipinski definition) is 1. The first-order valence-corrected chi connectivity index (χ1v) is 6.51. The van der Waals surface area contributed by atoms with Gasteiger partial charge >= 0.3 is 5.82 Å². The van der Waals surface area contributed by atoms with Crippen LogP contribution in [0.3, 0.4) is 0 Å². The van der Waals surface area contributed by atoms with E-state index in [4.69, 9.17) is 4.74 Å². The van der Waals surface area contributed by atoms with Crippen molar-refractivity contribution in [3.05, 3.63) is 32.4 Å². The van der Waals surface area contributed by atoms with Gasteiger partial charge in [0.05, 0.1) is 10.0 Å². The van der Waals surface area contributed by atoms with Crippen molar-refractivity contribution in [2.75, 3.05) is 19.8 Å². The summed E-state index contributed by atoms with van der Waals surface area (Å²) in [5.41, 5.74) is 0.193. The summed E-state index contributed by atoms with van der Waals surface area (Å²) in [5, 5.41) is 13.3. The van der Waals surface area contributed by atoms with Crippen LogP contribution in [0.25, 0.3) is 0 Å². The Hall–Kier alpha value is -1.54. The molecular formula is C11H14BrN3O4. The fourth-order valence-corrected chi connectivity index (χ4v) is 1.71. The van der Waals surface area contributed by atoms with Crippen LogP contribution in [0.1, 0.15) is 23.7 Å². The number of nitrogens with one attached hydrogen (secondary N) is 1. The van der Waals surface area contributed by atoms with E-state index in [1.807, 2.05) is 6.92 Å². The van der Waals surface area contributed by atoms with Gasteiger partial charge in [-0.05, 0) is 39.2 Å². The molecule has 8 heteroatoms. The highest BCUT2D eigenvalue weighted by molar-refractivity contribution is 9.10. The summed E-state index contributed by atoms with van der Waals surface area (Å²) < 4.78 is 5.55. The van der Waals surface area contributed by atoms with Crippen LogP contribution in [0, 0.1) is 10.1 Å². The summed E-state index contributed by atoms with van der Waals surface area (Å²) in [6.07, 6.45) is 1.93. The van der Waals surface area contributed by atoms with Gasteiger partial charge in [-0.2, -0.15) is 0 Å². The van der Waals surface area contributed by atoms with Gasteiger partial charge in [0.1, 0.15) is 0 Å². The van der Waals surface area contributed by atoms with Gasteiger partial charge in [-0.1, -0.05) is 0 Å². The van der Waals surface area contributed by atoms with Crippen molar-refractivity contribution in [1.82, 2.24) is 10.3 Å². The minimum Gasteiger partial charge on any atom is -0.382 e. The summed E-state index contributed by atoms with van der Waals surface area (Å²) in [5.74, 6) is -0.739. The standard InChI is InChI=1S/C11H14BrN3O4/c1-2-19-5-3-4-13-11(16)8-6-10(15(17)18)14-7-9(8)12/h6-7H,2-5H2,1H3,(H,13,16). The number of nitrogens with zero attached hydrogens (tertiary/aromatic N) is 2. The van der Waals surface area contributed by atoms with Crippen molar-refractivity contribution in [3.63, 3.8) is 0 Å². The lowest BCUT2D eigenvalue weighted by Crippen LogP contribution is -2.25. The Labute approximate surface area is 118 Å². The van der Waals surface area contributed by atoms with Crippen LogP contribution >= 0.6 is 15.9 Å². The number of ether oxygens (including phenoxy) is 1. The molecule has 0 aromatic carbocycles. The molecule has 0 fully saturated rings. The van der Waals surface area contributed by atoms with Gasteiger partial charge in [-0.15, -0.1) is 0 Å². The van der Waals surface area contributed by atoms with Crippen molar-refractivity contribution in [2.45, 2.75) is 13.3 Å². The molecule has 1 amide bonds. The van der Waals surface area contributed by atoms with E-state index in [1.54, 1.807) is 0 Å². The van der Waals surface area contributed by atoms with Crippen molar-refractivity contribution in [1.29, 1.82) is 0 Å². The highest BCUT2D eigenvalue weighted by Crippen LogP contribution is 2.19. The van der Waals surface area contributed by atoms with Crippen LogP contribution in [0.4, 0.5) is 5.82 Å². The normalized spacial score (nSPS) is 10.2. The highest BCUT2D eigenvalue weighted by atomic mass is 79.9. The minimum atomic E-state index is -0.641. The lowest BCUT2D eigenvalue weighted by Gasteiger charge is -2.06. The van der Waals surface area contributed by atoms with Gasteiger partial charge in [-0.25, -0.2) is 0 Å². The van der Waals surface area contributed by atoms with Crippen LogP contribution in [-0.4, -0.2) is 35.6 Å². The van der Waals surface area contributed by atoms with E-state index < -0.39 is 4.92 Å². The first-order valence-electron chi connectivity index (χ1n) is 5.72. The number of rotatable bonds is 7. The molecule has 0 aliphatic carbocycles. The van der Waals surface area contributed by atoms with E-state index in [0.29, 0.717) is 30.7 Å². The summed E-state index contributed by atoms with van der Waals surface area (Å²) in [6, 6.07) is 1.14. The molecule has 0 saturated heterocycles. The molecule has 0 atom stereocenters. The molecule has 19 heavy (non-hydrogen) atoms. The zero-order valence-electron chi connectivity index (χ0n) is 10.4. The number of nitro groups is 1. The smallest absolute Gasteiger partial charge is 0.364 e. The quantitative estimate of drug-likeness (QED) is 0.468. The van der Waals surface area contributed by atoms with Crippen molar-refractivity contribution in [3.8, 4) is 0 Å². The van der Waals surface area contributed by atoms with E-state index in [2.05, 4.69) is 26.2 Å². The maximum Gasteiger partial charge on any atom is 0.364 e. The third kappa shape index (κ3) is 4.92. The molecule has 0 spiro atoms. The van der Waals surface area contributed by atoms with Gasteiger partial charge in [0.15, 0.2) is 6.20 Å². The summed E-state index contributed by atoms with van der Waals surface area (Å²) in [7, 11) is 0. The van der Waals surface area contributed by atoms with Gasteiger partial charge in [0.25, 0.3) is 5.91 Å². The SMILES string of the molecule is CCOCCCNC(=O)c1cc([N+](=O)[O-])ncc1Br. The molecule has 1 heterocycles. The Morgan fingerprint density at radius 1 is 1.63 bits per heavy atom. The second-order valence-electron chi connectivity index (χ2n) is 3.59. The molecule has 0 bridgehead atoms. The molecule has 0 aliphatic heterocycles. The number of halogens is 1. The second kappa shape index (κ2) is 7.80. The minimum absolute atomic E-state index is 0.193. The first kappa shape index (κ1) is 15.5. The molecule has 0 saturated carbocycles. The van der Waals surface area contributed by atoms with E-state index >= 15 is 0 Å². The van der Waals surface area contributed by atoms with Crippen LogP contribution < -0.4 is 5.32 Å². The molecule has 1 rings (SSSR count). The summed E-state index contributed by atoms with van der Waals surface area (Å²) in [4.78, 5) is 25.4. The Morgan fingerprint density at radius 3 is 3.00 bits per heavy atom. The average Bonchev–Trinajstić information content (AvgIpc) is 2.38. The lowest BCUT2D eigenvalue weighted by molar-refractivity contribution is -0.389.